The van der Waals surface area contributed by atoms with Gasteiger partial charge >= 0.3 is 0 Å². The molecular formula is C22H22N4O. The molecule has 4 rings (SSSR count). The number of para-hydroxylation sites is 1. The second-order valence-corrected chi connectivity index (χ2v) is 6.90. The molecule has 1 aromatic heterocycles. The molecule has 0 atom stereocenters. The molecule has 1 aliphatic rings. The highest BCUT2D eigenvalue weighted by atomic mass is 16.1. The van der Waals surface area contributed by atoms with Crippen LogP contribution < -0.4 is 10.2 Å². The number of nitrogens with one attached hydrogen (secondary N) is 1. The maximum absolute atomic E-state index is 12.5. The third-order valence-electron chi connectivity index (χ3n) is 5.02. The molecule has 0 fully saturated rings. The van der Waals surface area contributed by atoms with Crippen LogP contribution in [0.25, 0.3) is 0 Å². The Labute approximate surface area is 159 Å². The van der Waals surface area contributed by atoms with E-state index < -0.39 is 0 Å². The van der Waals surface area contributed by atoms with E-state index in [1.54, 1.807) is 12.4 Å². The lowest BCUT2D eigenvalue weighted by Gasteiger charge is -2.30. The van der Waals surface area contributed by atoms with E-state index in [-0.39, 0.29) is 5.91 Å². The Balaban J connectivity index is 1.52. The summed E-state index contributed by atoms with van der Waals surface area (Å²) in [5, 5.41) is 2.89. The van der Waals surface area contributed by atoms with Gasteiger partial charge in [0.25, 0.3) is 5.91 Å². The van der Waals surface area contributed by atoms with Gasteiger partial charge in [-0.1, -0.05) is 24.3 Å². The molecular weight excluding hydrogens is 336 g/mol. The van der Waals surface area contributed by atoms with E-state index >= 15 is 0 Å². The third-order valence-corrected chi connectivity index (χ3v) is 5.02. The zero-order chi connectivity index (χ0) is 18.8. The largest absolute Gasteiger partial charge is 0.325 e. The topological polar surface area (TPSA) is 58.1 Å². The Kier molecular flexibility index (Phi) is 4.59. The van der Waals surface area contributed by atoms with Crippen molar-refractivity contribution in [1.29, 1.82) is 0 Å². The van der Waals surface area contributed by atoms with Crippen molar-refractivity contribution in [1.82, 2.24) is 9.97 Å². The number of hydrogen-bond acceptors (Lipinski definition) is 4. The Hall–Kier alpha value is -3.21. The lowest BCUT2D eigenvalue weighted by Crippen LogP contribution is -2.25. The second-order valence-electron chi connectivity index (χ2n) is 6.90. The van der Waals surface area contributed by atoms with Gasteiger partial charge in [-0.15, -0.1) is 0 Å². The SMILES string of the molecule is Cc1ccc(NC(=O)c2cnc(N3CCCc4ccccc43)cn2)cc1C. The summed E-state index contributed by atoms with van der Waals surface area (Å²) >= 11 is 0. The van der Waals surface area contributed by atoms with Crippen LogP contribution >= 0.6 is 0 Å². The quantitative estimate of drug-likeness (QED) is 0.752. The summed E-state index contributed by atoms with van der Waals surface area (Å²) in [4.78, 5) is 23.5. The first-order chi connectivity index (χ1) is 13.1. The molecule has 0 radical (unpaired) electrons. The summed E-state index contributed by atoms with van der Waals surface area (Å²) in [6.45, 7) is 4.97. The molecule has 1 N–H and O–H groups in total. The highest BCUT2D eigenvalue weighted by Crippen LogP contribution is 2.31. The van der Waals surface area contributed by atoms with Crippen molar-refractivity contribution in [2.45, 2.75) is 26.7 Å². The average Bonchev–Trinajstić information content (AvgIpc) is 2.70. The van der Waals surface area contributed by atoms with E-state index in [1.807, 2.05) is 38.1 Å². The molecule has 1 aliphatic heterocycles. The molecule has 0 spiro atoms. The average molecular weight is 358 g/mol. The van der Waals surface area contributed by atoms with Gasteiger partial charge in [-0.2, -0.15) is 0 Å². The molecule has 2 aromatic carbocycles. The minimum absolute atomic E-state index is 0.253. The molecule has 3 aromatic rings. The third kappa shape index (κ3) is 3.53. The molecule has 0 unspecified atom stereocenters. The molecule has 5 nitrogen and oxygen atoms in total. The monoisotopic (exact) mass is 358 g/mol. The number of hydrogen-bond donors (Lipinski definition) is 1. The standard InChI is InChI=1S/C22H22N4O/c1-15-9-10-18(12-16(15)2)25-22(27)19-13-24-21(14-23-19)26-11-5-7-17-6-3-4-8-20(17)26/h3-4,6,8-10,12-14H,5,7,11H2,1-2H3,(H,25,27). The Morgan fingerprint density at radius 3 is 2.67 bits per heavy atom. The molecule has 0 saturated heterocycles. The van der Waals surface area contributed by atoms with Gasteiger partial charge in [0, 0.05) is 17.9 Å². The van der Waals surface area contributed by atoms with E-state index in [9.17, 15) is 4.79 Å². The van der Waals surface area contributed by atoms with Crippen LogP contribution in [0.2, 0.25) is 0 Å². The van der Waals surface area contributed by atoms with Crippen LogP contribution in [-0.2, 0) is 6.42 Å². The van der Waals surface area contributed by atoms with Gasteiger partial charge < -0.3 is 10.2 Å². The van der Waals surface area contributed by atoms with Crippen molar-refractivity contribution in [3.8, 4) is 0 Å². The van der Waals surface area contributed by atoms with E-state index in [0.717, 1.165) is 36.5 Å². The fourth-order valence-corrected chi connectivity index (χ4v) is 3.36. The molecule has 1 amide bonds. The number of nitrogens with zero attached hydrogens (tertiary/aromatic N) is 3. The number of fused-ring (bicyclic) bond motifs is 1. The van der Waals surface area contributed by atoms with Crippen LogP contribution in [0.3, 0.4) is 0 Å². The molecule has 5 heteroatoms. The minimum Gasteiger partial charge on any atom is -0.325 e. The lowest BCUT2D eigenvalue weighted by atomic mass is 10.0. The molecule has 0 aliphatic carbocycles. The number of anilines is 3. The van der Waals surface area contributed by atoms with Crippen molar-refractivity contribution in [2.24, 2.45) is 0 Å². The molecule has 136 valence electrons. The van der Waals surface area contributed by atoms with Crippen molar-refractivity contribution in [2.75, 3.05) is 16.8 Å². The molecule has 27 heavy (non-hydrogen) atoms. The van der Waals surface area contributed by atoms with Gasteiger partial charge in [-0.3, -0.25) is 4.79 Å². The fourth-order valence-electron chi connectivity index (χ4n) is 3.36. The van der Waals surface area contributed by atoms with E-state index in [1.165, 1.54) is 16.8 Å². The van der Waals surface area contributed by atoms with Gasteiger partial charge in [-0.05, 0) is 61.6 Å². The number of rotatable bonds is 3. The molecule has 0 saturated carbocycles. The van der Waals surface area contributed by atoms with Crippen molar-refractivity contribution in [3.05, 3.63) is 77.2 Å². The minimum atomic E-state index is -0.253. The maximum atomic E-state index is 12.5. The summed E-state index contributed by atoms with van der Waals surface area (Å²) in [7, 11) is 0. The summed E-state index contributed by atoms with van der Waals surface area (Å²) in [6.07, 6.45) is 5.38. The van der Waals surface area contributed by atoms with Crippen LogP contribution in [0.4, 0.5) is 17.2 Å². The smallest absolute Gasteiger partial charge is 0.275 e. The normalized spacial score (nSPS) is 13.2. The fraction of sp³-hybridized carbons (Fsp3) is 0.227. The number of aryl methyl sites for hydroxylation is 3. The summed E-state index contributed by atoms with van der Waals surface area (Å²) in [5.41, 5.74) is 5.89. The van der Waals surface area contributed by atoms with Crippen LogP contribution in [0.5, 0.6) is 0 Å². The highest BCUT2D eigenvalue weighted by Gasteiger charge is 2.19. The van der Waals surface area contributed by atoms with Gasteiger partial charge in [0.05, 0.1) is 12.4 Å². The van der Waals surface area contributed by atoms with Crippen LogP contribution in [-0.4, -0.2) is 22.4 Å². The Morgan fingerprint density at radius 1 is 1.04 bits per heavy atom. The van der Waals surface area contributed by atoms with Gasteiger partial charge in [0.15, 0.2) is 5.82 Å². The van der Waals surface area contributed by atoms with E-state index in [0.29, 0.717) is 5.69 Å². The summed E-state index contributed by atoms with van der Waals surface area (Å²) in [6, 6.07) is 14.2. The maximum Gasteiger partial charge on any atom is 0.275 e. The van der Waals surface area contributed by atoms with E-state index in [4.69, 9.17) is 0 Å². The highest BCUT2D eigenvalue weighted by molar-refractivity contribution is 6.02. The summed E-state index contributed by atoms with van der Waals surface area (Å²) in [5.74, 6) is 0.515. The van der Waals surface area contributed by atoms with Gasteiger partial charge in [0.1, 0.15) is 5.69 Å². The molecule has 2 heterocycles. The second kappa shape index (κ2) is 7.19. The Bertz CT molecular complexity index is 982. The zero-order valence-electron chi connectivity index (χ0n) is 15.6. The van der Waals surface area contributed by atoms with Crippen LogP contribution in [0, 0.1) is 13.8 Å². The Morgan fingerprint density at radius 2 is 1.89 bits per heavy atom. The zero-order valence-corrected chi connectivity index (χ0v) is 15.6. The first-order valence-corrected chi connectivity index (χ1v) is 9.18. The number of amides is 1. The van der Waals surface area contributed by atoms with Crippen molar-refractivity contribution in [3.63, 3.8) is 0 Å². The number of aromatic nitrogens is 2. The first kappa shape index (κ1) is 17.2. The van der Waals surface area contributed by atoms with Crippen LogP contribution in [0.1, 0.15) is 33.6 Å². The van der Waals surface area contributed by atoms with Crippen LogP contribution in [0.15, 0.2) is 54.9 Å². The van der Waals surface area contributed by atoms with Crippen molar-refractivity contribution < 1.29 is 4.79 Å². The number of carbonyl (C=O) groups is 1. The van der Waals surface area contributed by atoms with Gasteiger partial charge in [0.2, 0.25) is 0 Å². The number of carbonyl (C=O) groups excluding carboxylic acids is 1. The predicted molar refractivity (Wildman–Crippen MR) is 108 cm³/mol. The van der Waals surface area contributed by atoms with Gasteiger partial charge in [-0.25, -0.2) is 9.97 Å². The van der Waals surface area contributed by atoms with Crippen molar-refractivity contribution >= 4 is 23.1 Å². The first-order valence-electron chi connectivity index (χ1n) is 9.18. The lowest BCUT2D eigenvalue weighted by molar-refractivity contribution is 0.102. The number of benzene rings is 2. The predicted octanol–water partition coefficient (Wildman–Crippen LogP) is 4.43. The van der Waals surface area contributed by atoms with E-state index in [2.05, 4.69) is 38.4 Å². The summed E-state index contributed by atoms with van der Waals surface area (Å²) < 4.78 is 0. The molecule has 0 bridgehead atoms.